The van der Waals surface area contributed by atoms with Gasteiger partial charge < -0.3 is 37.3 Å². The summed E-state index contributed by atoms with van der Waals surface area (Å²) in [6, 6.07) is 38.0. The van der Waals surface area contributed by atoms with Gasteiger partial charge in [0.2, 0.25) is 0 Å². The average Bonchev–Trinajstić information content (AvgIpc) is 1.61. The summed E-state index contributed by atoms with van der Waals surface area (Å²) in [5.41, 5.74) is 7.84. The van der Waals surface area contributed by atoms with Crippen molar-refractivity contribution in [3.63, 3.8) is 0 Å². The molecule has 0 amide bonds. The molecule has 16 rings (SSSR count). The van der Waals surface area contributed by atoms with Crippen molar-refractivity contribution >= 4 is 104 Å². The number of carboxylic acids is 2. The molecule has 6 aromatic carbocycles. The summed E-state index contributed by atoms with van der Waals surface area (Å²) in [6.45, 7) is 2.00. The molecule has 105 heavy (non-hydrogen) atoms. The minimum absolute atomic E-state index is 0. The quantitative estimate of drug-likeness (QED) is 0.0581. The SMILES string of the molecule is C.C1CCOC1.COC(=O)c1ccc(-c2n[nH]c3cccnc23)c(F)c1.COC(=O)c1ccc(-c2nn(C(=O)c3c(Cl)cccc3C3CC3)c3cccnc23)c(F)c1.O=C(O)c1c(Cl)cccc1C1CC1.O=C(O)c1ccc(-c2nn(C(=O)c3c(Cl)cccc3C3CC3)c3cccnc23)c(F)c1.[CH3-].[Li+].[OH-]. The van der Waals surface area contributed by atoms with Gasteiger partial charge in [0, 0.05) is 48.5 Å². The smallest absolute Gasteiger partial charge is 0.870 e. The van der Waals surface area contributed by atoms with Crippen molar-refractivity contribution in [2.75, 3.05) is 27.4 Å². The van der Waals surface area contributed by atoms with E-state index in [4.69, 9.17) is 49.8 Å². The second-order valence-electron chi connectivity index (χ2n) is 23.8. The monoisotopic (exact) mass is 1480 g/mol. The number of carbonyl (C=O) groups is 6. The Bertz CT molecular complexity index is 5230. The molecule has 6 aromatic heterocycles. The maximum Gasteiger partial charge on any atom is 1.00 e. The molecule has 1 aliphatic heterocycles. The van der Waals surface area contributed by atoms with Crippen LogP contribution in [0.5, 0.6) is 0 Å². The van der Waals surface area contributed by atoms with E-state index in [1.807, 2.05) is 36.4 Å². The van der Waals surface area contributed by atoms with Gasteiger partial charge in [-0.25, -0.2) is 32.3 Å². The molecular weight excluding hydrogens is 1410 g/mol. The number of H-pyrrole nitrogens is 1. The van der Waals surface area contributed by atoms with Gasteiger partial charge in [-0.3, -0.25) is 29.6 Å². The number of carboxylic acid groups (broad SMARTS) is 2. The number of nitrogens with one attached hydrogen (secondary N) is 1. The van der Waals surface area contributed by atoms with Crippen LogP contribution < -0.4 is 18.9 Å². The van der Waals surface area contributed by atoms with Crippen molar-refractivity contribution in [1.82, 2.24) is 44.7 Å². The zero-order valence-electron chi connectivity index (χ0n) is 56.3. The Balaban J connectivity index is 0.000000178. The van der Waals surface area contributed by atoms with Gasteiger partial charge in [0.05, 0.1) is 79.2 Å². The van der Waals surface area contributed by atoms with Crippen LogP contribution in [0.15, 0.2) is 164 Å². The zero-order chi connectivity index (χ0) is 71.2. The van der Waals surface area contributed by atoms with Gasteiger partial charge in [0.15, 0.2) is 0 Å². The van der Waals surface area contributed by atoms with Crippen LogP contribution in [0, 0.1) is 24.9 Å². The predicted molar refractivity (Wildman–Crippen MR) is 387 cm³/mol. The fourth-order valence-corrected chi connectivity index (χ4v) is 12.4. The van der Waals surface area contributed by atoms with Crippen molar-refractivity contribution in [3.8, 4) is 33.8 Å². The van der Waals surface area contributed by atoms with Crippen LogP contribution in [-0.4, -0.2) is 124 Å². The Hall–Kier alpha value is -10.4. The number of pyridine rings is 3. The number of nitrogens with zero attached hydrogens (tertiary/aromatic N) is 8. The summed E-state index contributed by atoms with van der Waals surface area (Å²) < 4.78 is 60.4. The van der Waals surface area contributed by atoms with Crippen molar-refractivity contribution in [2.24, 2.45) is 0 Å². The van der Waals surface area contributed by atoms with E-state index in [1.54, 1.807) is 67.0 Å². The minimum atomic E-state index is -1.24. The molecule has 0 bridgehead atoms. The van der Waals surface area contributed by atoms with E-state index < -0.39 is 53.1 Å². The molecule has 0 unspecified atom stereocenters. The number of hydrogen-bond donors (Lipinski definition) is 3. The first-order valence-electron chi connectivity index (χ1n) is 31.9. The van der Waals surface area contributed by atoms with Gasteiger partial charge in [0.25, 0.3) is 11.8 Å². The number of esters is 2. The number of carbonyl (C=O) groups excluding carboxylic acids is 4. The van der Waals surface area contributed by atoms with E-state index in [2.05, 4.69) is 44.8 Å². The maximum absolute atomic E-state index is 14.9. The fraction of sp³-hybridized carbons (Fsp3) is 0.208. The number of fused-ring (bicyclic) bond motifs is 3. The van der Waals surface area contributed by atoms with Crippen molar-refractivity contribution in [3.05, 3.63) is 254 Å². The molecule has 0 spiro atoms. The molecule has 28 heteroatoms. The summed E-state index contributed by atoms with van der Waals surface area (Å²) in [4.78, 5) is 85.0. The molecule has 21 nitrogen and oxygen atoms in total. The number of aromatic carboxylic acids is 2. The van der Waals surface area contributed by atoms with Crippen LogP contribution in [0.2, 0.25) is 15.1 Å². The van der Waals surface area contributed by atoms with Crippen molar-refractivity contribution < 1.29 is 90.7 Å². The normalized spacial score (nSPS) is 13.2. The van der Waals surface area contributed by atoms with Crippen molar-refractivity contribution in [1.29, 1.82) is 0 Å². The van der Waals surface area contributed by atoms with Gasteiger partial charge in [-0.05, 0) is 195 Å². The first-order chi connectivity index (χ1) is 48.8. The average molecular weight is 1480 g/mol. The van der Waals surface area contributed by atoms with Gasteiger partial charge in [-0.1, -0.05) is 78.6 Å². The Morgan fingerprint density at radius 3 is 1.24 bits per heavy atom. The number of aromatic nitrogens is 9. The van der Waals surface area contributed by atoms with E-state index in [-0.39, 0.29) is 95.4 Å². The molecule has 4 N–H and O–H groups in total. The van der Waals surface area contributed by atoms with E-state index in [0.717, 1.165) is 92.1 Å². The van der Waals surface area contributed by atoms with Crippen LogP contribution in [0.3, 0.4) is 0 Å². The Kier molecular flexibility index (Phi) is 27.0. The molecule has 12 aromatic rings. The summed E-state index contributed by atoms with van der Waals surface area (Å²) in [6.07, 6.45) is 13.4. The molecular formula is C77H67Cl3F3LiN9O12-. The number of methoxy groups -OCH3 is 2. The van der Waals surface area contributed by atoms with Gasteiger partial charge in [-0.15, -0.1) is 0 Å². The standard InChI is InChI=1S/C24H17ClFN3O3.C23H15ClFN3O3.C14H10FN3O2.C10H9ClO2.C4H8O.CH4.CH3.Li.H2O/c1-32-24(31)14-9-10-16(18(26)12-14)21-22-19(6-3-11-27-22)29(28-21)23(30)20-15(13-7-8-13)4-2-5-17(20)25;24-16-4-1-3-14(12-6-7-12)19(16)22(29)28-18-5-2-10-26-21(18)20(27-28)15-9-8-13(23(30)31)11-17(15)25;1-20-14(19)8-4-5-9(10(15)7-8)12-13-11(17-18-12)3-2-6-16-13;11-8-3-1-2-7(6-4-5-6)9(8)10(12)13;1-2-4-5-3-1;;;;/h2-6,9-13H,7-8H2,1H3;1-5,8-12H,6-7H2,(H,30,31);2-7H,1H3,(H,17,18);1-3,6H,4-5H2,(H,12,13);1-4H2;1H4;1H3;;1H2/q;;;;;;-1;+1;/p-1. The second-order valence-corrected chi connectivity index (χ2v) is 25.0. The second kappa shape index (κ2) is 35.4. The molecule has 7 heterocycles. The minimum Gasteiger partial charge on any atom is -0.870 e. The van der Waals surface area contributed by atoms with Crippen molar-refractivity contribution in [2.45, 2.75) is 76.5 Å². The molecule has 4 aliphatic rings. The van der Waals surface area contributed by atoms with Crippen LogP contribution >= 0.6 is 34.8 Å². The van der Waals surface area contributed by atoms with Crippen LogP contribution in [-0.2, 0) is 14.2 Å². The largest absolute Gasteiger partial charge is 1.00 e. The first-order valence-corrected chi connectivity index (χ1v) is 33.0. The summed E-state index contributed by atoms with van der Waals surface area (Å²) >= 11 is 18.6. The van der Waals surface area contributed by atoms with E-state index >= 15 is 0 Å². The van der Waals surface area contributed by atoms with E-state index in [0.29, 0.717) is 71.3 Å². The third kappa shape index (κ3) is 17.7. The van der Waals surface area contributed by atoms with Crippen LogP contribution in [0.25, 0.3) is 66.9 Å². The van der Waals surface area contributed by atoms with Gasteiger partial charge >= 0.3 is 42.7 Å². The zero-order valence-corrected chi connectivity index (χ0v) is 58.5. The molecule has 1 saturated heterocycles. The third-order valence-corrected chi connectivity index (χ3v) is 17.9. The Morgan fingerprint density at radius 2 is 0.867 bits per heavy atom. The summed E-state index contributed by atoms with van der Waals surface area (Å²) in [5.74, 6) is -5.17. The molecule has 4 fully saturated rings. The molecule has 0 atom stereocenters. The third-order valence-electron chi connectivity index (χ3n) is 17.0. The van der Waals surface area contributed by atoms with Crippen LogP contribution in [0.4, 0.5) is 13.2 Å². The van der Waals surface area contributed by atoms with Gasteiger partial charge in [0.1, 0.15) is 51.1 Å². The van der Waals surface area contributed by atoms with E-state index in [9.17, 15) is 41.9 Å². The summed E-state index contributed by atoms with van der Waals surface area (Å²) in [7, 11) is 2.47. The Labute approximate surface area is 627 Å². The first kappa shape index (κ1) is 80.3. The Morgan fingerprint density at radius 1 is 0.495 bits per heavy atom. The number of ether oxygens (including phenoxy) is 3. The summed E-state index contributed by atoms with van der Waals surface area (Å²) in [5, 5.41) is 34.8. The topological polar surface area (TPSA) is 304 Å². The fourth-order valence-electron chi connectivity index (χ4n) is 11.6. The number of hydrogen-bond acceptors (Lipinski definition) is 16. The molecule has 536 valence electrons. The molecule has 3 saturated carbocycles. The van der Waals surface area contributed by atoms with Gasteiger partial charge in [-0.2, -0.15) is 24.7 Å². The number of halogens is 6. The molecule has 0 radical (unpaired) electrons. The number of rotatable bonds is 12. The van der Waals surface area contributed by atoms with Crippen LogP contribution in [0.1, 0.15) is 155 Å². The predicted octanol–water partition coefficient (Wildman–Crippen LogP) is 14.6. The maximum atomic E-state index is 14.9. The molecule has 3 aliphatic carbocycles. The van der Waals surface area contributed by atoms with E-state index in [1.165, 1.54) is 79.0 Å². The number of benzene rings is 6. The number of aromatic amines is 1.